The van der Waals surface area contributed by atoms with E-state index in [0.29, 0.717) is 5.28 Å². The van der Waals surface area contributed by atoms with Gasteiger partial charge >= 0.3 is 0 Å². The van der Waals surface area contributed by atoms with E-state index in [0.717, 1.165) is 29.0 Å². The van der Waals surface area contributed by atoms with Gasteiger partial charge in [-0.2, -0.15) is 4.98 Å². The fraction of sp³-hybridized carbons (Fsp3) is 0.200. The number of benzene rings is 1. The zero-order chi connectivity index (χ0) is 13.9. The SMILES string of the molecule is CN(CCc1ccccc1)c1nc(Cl)nc2sccc12. The summed E-state index contributed by atoms with van der Waals surface area (Å²) in [6.07, 6.45) is 0.977. The molecule has 0 aliphatic heterocycles. The van der Waals surface area contributed by atoms with Gasteiger partial charge in [-0.15, -0.1) is 11.3 Å². The van der Waals surface area contributed by atoms with E-state index in [9.17, 15) is 0 Å². The first-order valence-corrected chi connectivity index (χ1v) is 7.65. The molecule has 20 heavy (non-hydrogen) atoms. The number of anilines is 1. The average Bonchev–Trinajstić information content (AvgIpc) is 2.93. The van der Waals surface area contributed by atoms with Crippen LogP contribution < -0.4 is 4.90 Å². The maximum atomic E-state index is 6.00. The molecule has 5 heteroatoms. The van der Waals surface area contributed by atoms with Gasteiger partial charge in [0.15, 0.2) is 0 Å². The molecule has 0 bridgehead atoms. The van der Waals surface area contributed by atoms with E-state index >= 15 is 0 Å². The van der Waals surface area contributed by atoms with Crippen molar-refractivity contribution < 1.29 is 0 Å². The van der Waals surface area contributed by atoms with Crippen LogP contribution in [0.1, 0.15) is 5.56 Å². The van der Waals surface area contributed by atoms with Crippen molar-refractivity contribution in [1.82, 2.24) is 9.97 Å². The van der Waals surface area contributed by atoms with Crippen LogP contribution in [0.3, 0.4) is 0 Å². The monoisotopic (exact) mass is 303 g/mol. The Morgan fingerprint density at radius 2 is 1.95 bits per heavy atom. The molecule has 2 aromatic heterocycles. The molecular weight excluding hydrogens is 290 g/mol. The Hall–Kier alpha value is -1.65. The first-order valence-electron chi connectivity index (χ1n) is 6.40. The second-order valence-corrected chi connectivity index (χ2v) is 5.85. The first-order chi connectivity index (χ1) is 9.74. The number of hydrogen-bond donors (Lipinski definition) is 0. The normalized spacial score (nSPS) is 10.9. The standard InChI is InChI=1S/C15H14ClN3S/c1-19(9-7-11-5-3-2-4-6-11)13-12-8-10-20-14(12)18-15(16)17-13/h2-6,8,10H,7,9H2,1H3. The summed E-state index contributed by atoms with van der Waals surface area (Å²) >= 11 is 7.59. The van der Waals surface area contributed by atoms with Gasteiger partial charge in [0.2, 0.25) is 5.28 Å². The van der Waals surface area contributed by atoms with E-state index in [1.807, 2.05) is 24.6 Å². The van der Waals surface area contributed by atoms with Crippen LogP contribution in [-0.4, -0.2) is 23.6 Å². The highest BCUT2D eigenvalue weighted by Crippen LogP contribution is 2.28. The molecule has 0 unspecified atom stereocenters. The van der Waals surface area contributed by atoms with Crippen LogP contribution in [0.4, 0.5) is 5.82 Å². The van der Waals surface area contributed by atoms with Crippen molar-refractivity contribution in [3.05, 3.63) is 52.6 Å². The number of likely N-dealkylation sites (N-methyl/N-ethyl adjacent to an activating group) is 1. The Bertz CT molecular complexity index is 711. The first kappa shape index (κ1) is 13.3. The molecule has 3 aromatic rings. The van der Waals surface area contributed by atoms with Gasteiger partial charge in [-0.3, -0.25) is 0 Å². The third-order valence-electron chi connectivity index (χ3n) is 3.22. The molecule has 2 heterocycles. The quantitative estimate of drug-likeness (QED) is 0.682. The molecular formula is C15H14ClN3S. The summed E-state index contributed by atoms with van der Waals surface area (Å²) in [6, 6.07) is 12.5. The van der Waals surface area contributed by atoms with E-state index in [4.69, 9.17) is 11.6 Å². The van der Waals surface area contributed by atoms with E-state index in [-0.39, 0.29) is 0 Å². The summed E-state index contributed by atoms with van der Waals surface area (Å²) in [5.41, 5.74) is 1.32. The van der Waals surface area contributed by atoms with Crippen molar-refractivity contribution in [1.29, 1.82) is 0 Å². The number of halogens is 1. The highest BCUT2D eigenvalue weighted by Gasteiger charge is 2.11. The summed E-state index contributed by atoms with van der Waals surface area (Å²) in [4.78, 5) is 11.7. The predicted molar refractivity (Wildman–Crippen MR) is 85.8 cm³/mol. The maximum absolute atomic E-state index is 6.00. The Labute approximate surface area is 126 Å². The molecule has 0 fully saturated rings. The summed E-state index contributed by atoms with van der Waals surface area (Å²) in [7, 11) is 2.04. The van der Waals surface area contributed by atoms with E-state index in [1.165, 1.54) is 5.56 Å². The maximum Gasteiger partial charge on any atom is 0.225 e. The number of rotatable bonds is 4. The van der Waals surface area contributed by atoms with Crippen LogP contribution in [0.2, 0.25) is 5.28 Å². The van der Waals surface area contributed by atoms with Crippen molar-refractivity contribution in [3.8, 4) is 0 Å². The minimum atomic E-state index is 0.307. The Morgan fingerprint density at radius 1 is 1.15 bits per heavy atom. The Morgan fingerprint density at radius 3 is 2.75 bits per heavy atom. The number of nitrogens with zero attached hydrogens (tertiary/aromatic N) is 3. The van der Waals surface area contributed by atoms with Crippen molar-refractivity contribution in [3.63, 3.8) is 0 Å². The molecule has 0 saturated heterocycles. The third kappa shape index (κ3) is 2.76. The lowest BCUT2D eigenvalue weighted by Gasteiger charge is -2.19. The van der Waals surface area contributed by atoms with Crippen molar-refractivity contribution in [2.45, 2.75) is 6.42 Å². The van der Waals surface area contributed by atoms with E-state index < -0.39 is 0 Å². The van der Waals surface area contributed by atoms with Crippen LogP contribution >= 0.6 is 22.9 Å². The van der Waals surface area contributed by atoms with Gasteiger partial charge in [0.1, 0.15) is 10.6 Å². The summed E-state index contributed by atoms with van der Waals surface area (Å²) in [5, 5.41) is 3.39. The zero-order valence-corrected chi connectivity index (χ0v) is 12.7. The molecule has 0 N–H and O–H groups in total. The Balaban J connectivity index is 1.82. The number of thiophene rings is 1. The fourth-order valence-corrected chi connectivity index (χ4v) is 3.13. The van der Waals surface area contributed by atoms with Crippen LogP contribution in [0.15, 0.2) is 41.8 Å². The number of hydrogen-bond acceptors (Lipinski definition) is 4. The van der Waals surface area contributed by atoms with E-state index in [1.54, 1.807) is 11.3 Å². The van der Waals surface area contributed by atoms with Crippen molar-refractivity contribution in [2.24, 2.45) is 0 Å². The van der Waals surface area contributed by atoms with Gasteiger partial charge in [-0.05, 0) is 35.0 Å². The van der Waals surface area contributed by atoms with E-state index in [2.05, 4.69) is 39.1 Å². The molecule has 0 spiro atoms. The predicted octanol–water partition coefficient (Wildman–Crippen LogP) is 4.02. The molecule has 102 valence electrons. The van der Waals surface area contributed by atoms with Gasteiger partial charge < -0.3 is 4.90 Å². The fourth-order valence-electron chi connectivity index (χ4n) is 2.15. The van der Waals surface area contributed by atoms with Crippen LogP contribution in [0.5, 0.6) is 0 Å². The van der Waals surface area contributed by atoms with Gasteiger partial charge in [-0.25, -0.2) is 4.98 Å². The lowest BCUT2D eigenvalue weighted by atomic mass is 10.1. The zero-order valence-electron chi connectivity index (χ0n) is 11.1. The molecule has 0 saturated carbocycles. The molecule has 0 radical (unpaired) electrons. The van der Waals surface area contributed by atoms with Crippen molar-refractivity contribution in [2.75, 3.05) is 18.5 Å². The van der Waals surface area contributed by atoms with Gasteiger partial charge in [0.25, 0.3) is 0 Å². The summed E-state index contributed by atoms with van der Waals surface area (Å²) < 4.78 is 0. The molecule has 3 nitrogen and oxygen atoms in total. The second-order valence-electron chi connectivity index (χ2n) is 4.61. The van der Waals surface area contributed by atoms with Gasteiger partial charge in [0.05, 0.1) is 5.39 Å². The average molecular weight is 304 g/mol. The minimum Gasteiger partial charge on any atom is -0.359 e. The van der Waals surface area contributed by atoms with Gasteiger partial charge in [-0.1, -0.05) is 30.3 Å². The lowest BCUT2D eigenvalue weighted by molar-refractivity contribution is 0.862. The summed E-state index contributed by atoms with van der Waals surface area (Å²) in [6.45, 7) is 0.891. The molecule has 3 rings (SSSR count). The van der Waals surface area contributed by atoms with Crippen LogP contribution in [0, 0.1) is 0 Å². The second kappa shape index (κ2) is 5.77. The summed E-state index contributed by atoms with van der Waals surface area (Å²) in [5.74, 6) is 0.900. The smallest absolute Gasteiger partial charge is 0.225 e. The molecule has 0 atom stereocenters. The molecule has 0 amide bonds. The van der Waals surface area contributed by atoms with Crippen LogP contribution in [-0.2, 0) is 6.42 Å². The van der Waals surface area contributed by atoms with Crippen LogP contribution in [0.25, 0.3) is 10.2 Å². The molecule has 1 aromatic carbocycles. The largest absolute Gasteiger partial charge is 0.359 e. The minimum absolute atomic E-state index is 0.307. The number of fused-ring (bicyclic) bond motifs is 1. The van der Waals surface area contributed by atoms with Gasteiger partial charge in [0, 0.05) is 13.6 Å². The highest BCUT2D eigenvalue weighted by molar-refractivity contribution is 7.16. The third-order valence-corrected chi connectivity index (χ3v) is 4.19. The lowest BCUT2D eigenvalue weighted by Crippen LogP contribution is -2.21. The number of aromatic nitrogens is 2. The van der Waals surface area contributed by atoms with Crippen molar-refractivity contribution >= 4 is 39.0 Å². The highest BCUT2D eigenvalue weighted by atomic mass is 35.5. The Kier molecular flexibility index (Phi) is 3.85. The molecule has 0 aliphatic carbocycles. The molecule has 0 aliphatic rings. The topological polar surface area (TPSA) is 29.0 Å².